The molecule has 1 aliphatic carbocycles. The van der Waals surface area contributed by atoms with Gasteiger partial charge in [0.25, 0.3) is 0 Å². The van der Waals surface area contributed by atoms with Crippen molar-refractivity contribution in [3.05, 3.63) is 18.2 Å². The van der Waals surface area contributed by atoms with Gasteiger partial charge in [-0.05, 0) is 37.5 Å². The largest absolute Gasteiger partial charge is 0.334 e. The minimum Gasteiger partial charge on any atom is -0.334 e. The van der Waals surface area contributed by atoms with E-state index in [1.807, 2.05) is 12.4 Å². The van der Waals surface area contributed by atoms with Crippen LogP contribution in [0, 0.1) is 11.3 Å². The average molecular weight is 249 g/mol. The molecule has 2 N–H and O–H groups in total. The normalized spacial score (nSPS) is 20.5. The van der Waals surface area contributed by atoms with Crippen molar-refractivity contribution >= 4 is 0 Å². The average Bonchev–Trinajstić information content (AvgIpc) is 2.95. The fourth-order valence-electron chi connectivity index (χ4n) is 3.68. The molecule has 0 spiro atoms. The summed E-state index contributed by atoms with van der Waals surface area (Å²) >= 11 is 0. The standard InChI is InChI=1S/C15H27N3/c1-4-18-10-9-17-14(18)13(16)15(11-12(2)3)7-5-6-8-15/h9-10,12-13H,4-8,11,16H2,1-3H3. The molecule has 3 nitrogen and oxygen atoms in total. The van der Waals surface area contributed by atoms with Gasteiger partial charge in [0, 0.05) is 18.9 Å². The number of aryl methyl sites for hydroxylation is 1. The zero-order chi connectivity index (χ0) is 13.2. The molecular weight excluding hydrogens is 222 g/mol. The molecule has 0 aromatic carbocycles. The molecule has 1 aromatic heterocycles. The highest BCUT2D eigenvalue weighted by atomic mass is 15.1. The number of hydrogen-bond acceptors (Lipinski definition) is 2. The van der Waals surface area contributed by atoms with E-state index in [9.17, 15) is 0 Å². The lowest BCUT2D eigenvalue weighted by atomic mass is 9.72. The molecule has 1 heterocycles. The Balaban J connectivity index is 2.25. The number of nitrogens with zero attached hydrogens (tertiary/aromatic N) is 2. The summed E-state index contributed by atoms with van der Waals surface area (Å²) in [6.45, 7) is 7.72. The van der Waals surface area contributed by atoms with Crippen molar-refractivity contribution in [2.45, 2.75) is 65.5 Å². The Morgan fingerprint density at radius 2 is 2.06 bits per heavy atom. The number of imidazole rings is 1. The fourth-order valence-corrected chi connectivity index (χ4v) is 3.68. The van der Waals surface area contributed by atoms with Crippen LogP contribution in [0.2, 0.25) is 0 Å². The van der Waals surface area contributed by atoms with Crippen LogP contribution in [0.5, 0.6) is 0 Å². The molecule has 0 aliphatic heterocycles. The van der Waals surface area contributed by atoms with Gasteiger partial charge >= 0.3 is 0 Å². The second-order valence-corrected chi connectivity index (χ2v) is 6.22. The highest BCUT2D eigenvalue weighted by Gasteiger charge is 2.42. The van der Waals surface area contributed by atoms with E-state index in [4.69, 9.17) is 5.73 Å². The fraction of sp³-hybridized carbons (Fsp3) is 0.800. The minimum atomic E-state index is 0.0948. The first-order valence-electron chi connectivity index (χ1n) is 7.35. The third kappa shape index (κ3) is 2.46. The monoisotopic (exact) mass is 249 g/mol. The van der Waals surface area contributed by atoms with Crippen molar-refractivity contribution < 1.29 is 0 Å². The van der Waals surface area contributed by atoms with E-state index in [0.29, 0.717) is 5.92 Å². The van der Waals surface area contributed by atoms with Crippen LogP contribution >= 0.6 is 0 Å². The van der Waals surface area contributed by atoms with Gasteiger partial charge in [0.1, 0.15) is 5.82 Å². The first-order chi connectivity index (χ1) is 8.59. The van der Waals surface area contributed by atoms with Crippen molar-refractivity contribution in [2.24, 2.45) is 17.1 Å². The predicted molar refractivity (Wildman–Crippen MR) is 75.2 cm³/mol. The lowest BCUT2D eigenvalue weighted by Crippen LogP contribution is -2.35. The van der Waals surface area contributed by atoms with E-state index in [1.54, 1.807) is 0 Å². The van der Waals surface area contributed by atoms with Gasteiger partial charge in [-0.1, -0.05) is 26.7 Å². The van der Waals surface area contributed by atoms with E-state index < -0.39 is 0 Å². The first kappa shape index (κ1) is 13.6. The molecule has 1 saturated carbocycles. The summed E-state index contributed by atoms with van der Waals surface area (Å²) in [5.41, 5.74) is 6.91. The van der Waals surface area contributed by atoms with E-state index in [1.165, 1.54) is 32.1 Å². The van der Waals surface area contributed by atoms with Crippen LogP contribution in [0.25, 0.3) is 0 Å². The molecule has 0 radical (unpaired) electrons. The molecule has 2 rings (SSSR count). The zero-order valence-electron chi connectivity index (χ0n) is 12.0. The summed E-state index contributed by atoms with van der Waals surface area (Å²) in [4.78, 5) is 4.52. The highest BCUT2D eigenvalue weighted by Crippen LogP contribution is 2.50. The third-order valence-corrected chi connectivity index (χ3v) is 4.44. The predicted octanol–water partition coefficient (Wildman–Crippen LogP) is 3.51. The van der Waals surface area contributed by atoms with E-state index in [2.05, 4.69) is 30.3 Å². The Labute approximate surface area is 111 Å². The summed E-state index contributed by atoms with van der Waals surface area (Å²) in [5.74, 6) is 1.79. The van der Waals surface area contributed by atoms with Crippen LogP contribution in [-0.4, -0.2) is 9.55 Å². The molecule has 3 heteroatoms. The van der Waals surface area contributed by atoms with Crippen LogP contribution in [0.15, 0.2) is 12.4 Å². The van der Waals surface area contributed by atoms with Gasteiger partial charge in [0.2, 0.25) is 0 Å². The molecule has 0 amide bonds. The molecule has 0 bridgehead atoms. The maximum Gasteiger partial charge on any atom is 0.126 e. The van der Waals surface area contributed by atoms with Gasteiger partial charge in [-0.25, -0.2) is 4.98 Å². The number of nitrogens with two attached hydrogens (primary N) is 1. The molecule has 1 unspecified atom stereocenters. The number of hydrogen-bond donors (Lipinski definition) is 1. The quantitative estimate of drug-likeness (QED) is 0.868. The smallest absolute Gasteiger partial charge is 0.126 e. The summed E-state index contributed by atoms with van der Waals surface area (Å²) in [6, 6.07) is 0.0948. The third-order valence-electron chi connectivity index (χ3n) is 4.44. The summed E-state index contributed by atoms with van der Waals surface area (Å²) in [5, 5.41) is 0. The minimum absolute atomic E-state index is 0.0948. The van der Waals surface area contributed by atoms with Crippen LogP contribution < -0.4 is 5.73 Å². The van der Waals surface area contributed by atoms with E-state index in [-0.39, 0.29) is 11.5 Å². The van der Waals surface area contributed by atoms with Crippen molar-refractivity contribution in [3.8, 4) is 0 Å². The molecule has 1 fully saturated rings. The Kier molecular flexibility index (Phi) is 4.10. The summed E-state index contributed by atoms with van der Waals surface area (Å²) in [7, 11) is 0. The van der Waals surface area contributed by atoms with E-state index in [0.717, 1.165) is 12.4 Å². The second kappa shape index (κ2) is 5.43. The van der Waals surface area contributed by atoms with Gasteiger partial charge in [-0.3, -0.25) is 0 Å². The topological polar surface area (TPSA) is 43.8 Å². The number of rotatable bonds is 5. The highest BCUT2D eigenvalue weighted by molar-refractivity contribution is 5.07. The van der Waals surface area contributed by atoms with Crippen LogP contribution in [-0.2, 0) is 6.54 Å². The molecular formula is C15H27N3. The molecule has 0 saturated heterocycles. The molecule has 18 heavy (non-hydrogen) atoms. The molecule has 1 aromatic rings. The summed E-state index contributed by atoms with van der Waals surface area (Å²) in [6.07, 6.45) is 10.3. The van der Waals surface area contributed by atoms with E-state index >= 15 is 0 Å². The van der Waals surface area contributed by atoms with Gasteiger partial charge in [-0.15, -0.1) is 0 Å². The van der Waals surface area contributed by atoms with Crippen molar-refractivity contribution in [3.63, 3.8) is 0 Å². The molecule has 1 atom stereocenters. The summed E-state index contributed by atoms with van der Waals surface area (Å²) < 4.78 is 2.20. The first-order valence-corrected chi connectivity index (χ1v) is 7.35. The van der Waals surface area contributed by atoms with Gasteiger partial charge in [0.05, 0.1) is 6.04 Å². The van der Waals surface area contributed by atoms with Gasteiger partial charge in [-0.2, -0.15) is 0 Å². The maximum absolute atomic E-state index is 6.62. The molecule has 1 aliphatic rings. The van der Waals surface area contributed by atoms with Crippen molar-refractivity contribution in [1.82, 2.24) is 9.55 Å². The Bertz CT molecular complexity index is 375. The second-order valence-electron chi connectivity index (χ2n) is 6.22. The SMILES string of the molecule is CCn1ccnc1C(N)C1(CC(C)C)CCCC1. The number of aromatic nitrogens is 2. The zero-order valence-corrected chi connectivity index (χ0v) is 12.0. The lowest BCUT2D eigenvalue weighted by molar-refractivity contribution is 0.175. The molecule has 102 valence electrons. The maximum atomic E-state index is 6.62. The van der Waals surface area contributed by atoms with Gasteiger partial charge in [0.15, 0.2) is 0 Å². The van der Waals surface area contributed by atoms with Gasteiger partial charge < -0.3 is 10.3 Å². The van der Waals surface area contributed by atoms with Crippen molar-refractivity contribution in [2.75, 3.05) is 0 Å². The van der Waals surface area contributed by atoms with Crippen LogP contribution in [0.3, 0.4) is 0 Å². The lowest BCUT2D eigenvalue weighted by Gasteiger charge is -2.36. The Morgan fingerprint density at radius 1 is 1.39 bits per heavy atom. The Morgan fingerprint density at radius 3 is 2.61 bits per heavy atom. The van der Waals surface area contributed by atoms with Crippen LogP contribution in [0.4, 0.5) is 0 Å². The Hall–Kier alpha value is -0.830. The van der Waals surface area contributed by atoms with Crippen molar-refractivity contribution in [1.29, 1.82) is 0 Å². The van der Waals surface area contributed by atoms with Crippen LogP contribution in [0.1, 0.15) is 64.7 Å².